The Bertz CT molecular complexity index is 730. The van der Waals surface area contributed by atoms with Gasteiger partial charge >= 0.3 is 6.18 Å². The van der Waals surface area contributed by atoms with Crippen LogP contribution in [0.15, 0.2) is 29.3 Å². The SMILES string of the molecule is FC(F)(F)c1cc(N=C2CCCCC2)c2cc(Cl)ccc2n1. The van der Waals surface area contributed by atoms with Gasteiger partial charge in [-0.25, -0.2) is 4.98 Å². The molecule has 0 radical (unpaired) electrons. The minimum absolute atomic E-state index is 0.259. The zero-order valence-corrected chi connectivity index (χ0v) is 12.5. The van der Waals surface area contributed by atoms with Gasteiger partial charge in [-0.2, -0.15) is 13.2 Å². The molecule has 0 amide bonds. The Balaban J connectivity index is 2.18. The van der Waals surface area contributed by atoms with Crippen LogP contribution in [0, 0.1) is 0 Å². The lowest BCUT2D eigenvalue weighted by Crippen LogP contribution is -2.08. The molecule has 0 saturated heterocycles. The molecular weight excluding hydrogens is 313 g/mol. The molecule has 3 rings (SSSR count). The molecule has 1 saturated carbocycles. The highest BCUT2D eigenvalue weighted by molar-refractivity contribution is 6.31. The van der Waals surface area contributed by atoms with Crippen molar-refractivity contribution < 1.29 is 13.2 Å². The monoisotopic (exact) mass is 326 g/mol. The van der Waals surface area contributed by atoms with E-state index in [2.05, 4.69) is 9.98 Å². The van der Waals surface area contributed by atoms with Crippen molar-refractivity contribution in [1.82, 2.24) is 4.98 Å². The van der Waals surface area contributed by atoms with Crippen LogP contribution in [0.5, 0.6) is 0 Å². The van der Waals surface area contributed by atoms with Crippen molar-refractivity contribution in [2.24, 2.45) is 4.99 Å². The predicted molar refractivity (Wildman–Crippen MR) is 81.9 cm³/mol. The summed E-state index contributed by atoms with van der Waals surface area (Å²) in [4.78, 5) is 8.17. The molecule has 0 aliphatic heterocycles. The third-order valence-electron chi connectivity index (χ3n) is 3.75. The zero-order valence-electron chi connectivity index (χ0n) is 11.8. The molecule has 2 aromatic rings. The van der Waals surface area contributed by atoms with Gasteiger partial charge in [-0.15, -0.1) is 0 Å². The lowest BCUT2D eigenvalue weighted by atomic mass is 9.98. The van der Waals surface area contributed by atoms with E-state index in [1.165, 1.54) is 12.1 Å². The highest BCUT2D eigenvalue weighted by Crippen LogP contribution is 2.36. The minimum Gasteiger partial charge on any atom is -0.257 e. The first kappa shape index (κ1) is 15.3. The summed E-state index contributed by atoms with van der Waals surface area (Å²) in [6.07, 6.45) is 0.409. The number of aromatic nitrogens is 1. The number of fused-ring (bicyclic) bond motifs is 1. The van der Waals surface area contributed by atoms with Gasteiger partial charge in [0, 0.05) is 16.1 Å². The van der Waals surface area contributed by atoms with Gasteiger partial charge in [0.2, 0.25) is 0 Å². The smallest absolute Gasteiger partial charge is 0.257 e. The molecule has 0 unspecified atom stereocenters. The van der Waals surface area contributed by atoms with E-state index < -0.39 is 11.9 Å². The molecule has 0 atom stereocenters. The molecule has 6 heteroatoms. The number of halogens is 4. The number of pyridine rings is 1. The summed E-state index contributed by atoms with van der Waals surface area (Å²) in [6, 6.07) is 5.67. The Morgan fingerprint density at radius 1 is 1.05 bits per heavy atom. The van der Waals surface area contributed by atoms with Crippen LogP contribution in [0.3, 0.4) is 0 Å². The van der Waals surface area contributed by atoms with Gasteiger partial charge in [-0.1, -0.05) is 18.0 Å². The predicted octanol–water partition coefficient (Wildman–Crippen LogP) is 5.94. The van der Waals surface area contributed by atoms with Crippen LogP contribution in [0.4, 0.5) is 18.9 Å². The summed E-state index contributed by atoms with van der Waals surface area (Å²) in [5, 5.41) is 1.01. The summed E-state index contributed by atoms with van der Waals surface area (Å²) >= 11 is 5.96. The van der Waals surface area contributed by atoms with E-state index in [9.17, 15) is 13.2 Å². The Morgan fingerprint density at radius 2 is 1.77 bits per heavy atom. The molecule has 1 heterocycles. The van der Waals surface area contributed by atoms with Crippen LogP contribution >= 0.6 is 11.6 Å². The fourth-order valence-electron chi connectivity index (χ4n) is 2.66. The van der Waals surface area contributed by atoms with Crippen molar-refractivity contribution in [1.29, 1.82) is 0 Å². The van der Waals surface area contributed by atoms with Gasteiger partial charge in [0.25, 0.3) is 0 Å². The summed E-state index contributed by atoms with van der Waals surface area (Å²) < 4.78 is 39.0. The molecule has 22 heavy (non-hydrogen) atoms. The maximum Gasteiger partial charge on any atom is 0.433 e. The maximum absolute atomic E-state index is 13.0. The highest BCUT2D eigenvalue weighted by Gasteiger charge is 2.33. The Labute approximate surface area is 131 Å². The Morgan fingerprint density at radius 3 is 2.45 bits per heavy atom. The number of aliphatic imine (C=N–C) groups is 1. The largest absolute Gasteiger partial charge is 0.433 e. The van der Waals surface area contributed by atoms with E-state index in [1.54, 1.807) is 6.07 Å². The number of hydrogen-bond donors (Lipinski definition) is 0. The quantitative estimate of drug-likeness (QED) is 0.636. The summed E-state index contributed by atoms with van der Waals surface area (Å²) in [7, 11) is 0. The molecule has 1 aliphatic rings. The first-order valence-electron chi connectivity index (χ1n) is 7.17. The van der Waals surface area contributed by atoms with Crippen molar-refractivity contribution in [2.45, 2.75) is 38.3 Å². The van der Waals surface area contributed by atoms with E-state index in [4.69, 9.17) is 11.6 Å². The molecule has 1 aromatic carbocycles. The molecule has 0 bridgehead atoms. The van der Waals surface area contributed by atoms with E-state index in [0.29, 0.717) is 16.1 Å². The topological polar surface area (TPSA) is 25.2 Å². The van der Waals surface area contributed by atoms with Crippen LogP contribution in [0.1, 0.15) is 37.8 Å². The summed E-state index contributed by atoms with van der Waals surface area (Å²) in [5.74, 6) is 0. The average Bonchev–Trinajstić information content (AvgIpc) is 2.47. The lowest BCUT2D eigenvalue weighted by molar-refractivity contribution is -0.140. The van der Waals surface area contributed by atoms with Gasteiger partial charge in [0.05, 0.1) is 11.2 Å². The van der Waals surface area contributed by atoms with Gasteiger partial charge in [0.1, 0.15) is 5.69 Å². The Hall–Kier alpha value is -1.62. The second kappa shape index (κ2) is 5.88. The number of alkyl halides is 3. The van der Waals surface area contributed by atoms with Crippen molar-refractivity contribution in [3.63, 3.8) is 0 Å². The van der Waals surface area contributed by atoms with Crippen LogP contribution in [-0.2, 0) is 6.18 Å². The molecule has 2 nitrogen and oxygen atoms in total. The zero-order chi connectivity index (χ0) is 15.7. The molecule has 1 aromatic heterocycles. The van der Waals surface area contributed by atoms with Gasteiger partial charge in [0.15, 0.2) is 0 Å². The van der Waals surface area contributed by atoms with E-state index in [0.717, 1.165) is 43.9 Å². The van der Waals surface area contributed by atoms with Crippen LogP contribution in [0.25, 0.3) is 10.9 Å². The fraction of sp³-hybridized carbons (Fsp3) is 0.375. The normalized spacial score (nSPS) is 16.1. The second-order valence-corrected chi connectivity index (χ2v) is 5.86. The number of rotatable bonds is 1. The molecule has 1 aliphatic carbocycles. The first-order valence-corrected chi connectivity index (χ1v) is 7.55. The first-order chi connectivity index (χ1) is 10.4. The molecule has 1 fully saturated rings. The number of nitrogens with zero attached hydrogens (tertiary/aromatic N) is 2. The Kier molecular flexibility index (Phi) is 4.08. The minimum atomic E-state index is -4.49. The average molecular weight is 327 g/mol. The van der Waals surface area contributed by atoms with E-state index >= 15 is 0 Å². The van der Waals surface area contributed by atoms with E-state index in [1.807, 2.05) is 0 Å². The number of hydrogen-bond acceptors (Lipinski definition) is 2. The molecule has 0 spiro atoms. The van der Waals surface area contributed by atoms with Gasteiger partial charge < -0.3 is 0 Å². The summed E-state index contributed by atoms with van der Waals surface area (Å²) in [6.45, 7) is 0. The van der Waals surface area contributed by atoms with Crippen LogP contribution in [0.2, 0.25) is 5.02 Å². The third kappa shape index (κ3) is 3.24. The van der Waals surface area contributed by atoms with Crippen molar-refractivity contribution in [3.8, 4) is 0 Å². The second-order valence-electron chi connectivity index (χ2n) is 5.42. The van der Waals surface area contributed by atoms with Crippen LogP contribution in [-0.4, -0.2) is 10.7 Å². The van der Waals surface area contributed by atoms with Gasteiger partial charge in [-0.05, 0) is 49.9 Å². The highest BCUT2D eigenvalue weighted by atomic mass is 35.5. The number of benzene rings is 1. The maximum atomic E-state index is 13.0. The standard InChI is InChI=1S/C16H14ClF3N2/c17-10-6-7-13-12(8-10)14(9-15(22-13)16(18,19)20)21-11-4-2-1-3-5-11/h6-9H,1-5H2. The van der Waals surface area contributed by atoms with Crippen LogP contribution < -0.4 is 0 Å². The fourth-order valence-corrected chi connectivity index (χ4v) is 2.83. The third-order valence-corrected chi connectivity index (χ3v) is 3.98. The van der Waals surface area contributed by atoms with E-state index in [-0.39, 0.29) is 5.52 Å². The van der Waals surface area contributed by atoms with Crippen molar-refractivity contribution in [2.75, 3.05) is 0 Å². The van der Waals surface area contributed by atoms with Gasteiger partial charge in [-0.3, -0.25) is 4.99 Å². The van der Waals surface area contributed by atoms with Crippen molar-refractivity contribution >= 4 is 33.9 Å². The molecule has 116 valence electrons. The lowest BCUT2D eigenvalue weighted by Gasteiger charge is -2.14. The summed E-state index contributed by atoms with van der Waals surface area (Å²) in [5.41, 5.74) is 0.593. The van der Waals surface area contributed by atoms with Crippen molar-refractivity contribution in [3.05, 3.63) is 35.0 Å². The molecule has 0 N–H and O–H groups in total. The molecular formula is C16H14ClF3N2.